The molecular weight excluding hydrogens is 354 g/mol. The van der Waals surface area contributed by atoms with E-state index in [4.69, 9.17) is 10.00 Å². The monoisotopic (exact) mass is 373 g/mol. The Labute approximate surface area is 152 Å². The van der Waals surface area contributed by atoms with Crippen molar-refractivity contribution < 1.29 is 17.9 Å². The Morgan fingerprint density at radius 2 is 1.88 bits per heavy atom. The maximum atomic E-state index is 12.5. The van der Waals surface area contributed by atoms with E-state index in [0.717, 1.165) is 9.87 Å². The highest BCUT2D eigenvalue weighted by Gasteiger charge is 2.23. The first-order valence-corrected chi connectivity index (χ1v) is 9.13. The van der Waals surface area contributed by atoms with Crippen LogP contribution in [0.25, 0.3) is 0 Å². The minimum Gasteiger partial charge on any atom is -0.495 e. The minimum absolute atomic E-state index is 0.0138. The fourth-order valence-corrected chi connectivity index (χ4v) is 3.40. The van der Waals surface area contributed by atoms with E-state index in [1.165, 1.54) is 38.4 Å². The van der Waals surface area contributed by atoms with E-state index in [1.807, 2.05) is 19.1 Å². The van der Waals surface area contributed by atoms with Crippen LogP contribution in [0.4, 0.5) is 5.69 Å². The van der Waals surface area contributed by atoms with E-state index in [2.05, 4.69) is 5.32 Å². The molecule has 2 aromatic rings. The van der Waals surface area contributed by atoms with Crippen molar-refractivity contribution in [2.24, 2.45) is 0 Å². The molecule has 7 nitrogen and oxygen atoms in total. The zero-order chi connectivity index (χ0) is 19.3. The molecule has 0 aliphatic heterocycles. The number of ether oxygens (including phenoxy) is 1. The summed E-state index contributed by atoms with van der Waals surface area (Å²) in [7, 11) is -1.04. The first kappa shape index (κ1) is 19.4. The van der Waals surface area contributed by atoms with Crippen LogP contribution >= 0.6 is 0 Å². The number of anilines is 1. The molecule has 0 saturated heterocycles. The molecule has 0 saturated carbocycles. The summed E-state index contributed by atoms with van der Waals surface area (Å²) < 4.78 is 31.2. The Hall–Kier alpha value is -2.89. The first-order chi connectivity index (χ1) is 12.3. The zero-order valence-corrected chi connectivity index (χ0v) is 15.5. The smallest absolute Gasteiger partial charge is 0.243 e. The number of rotatable bonds is 6. The number of amides is 1. The van der Waals surface area contributed by atoms with Crippen LogP contribution in [-0.2, 0) is 14.8 Å². The van der Waals surface area contributed by atoms with E-state index in [0.29, 0.717) is 17.0 Å². The van der Waals surface area contributed by atoms with Crippen LogP contribution in [0.15, 0.2) is 47.4 Å². The molecule has 136 valence electrons. The van der Waals surface area contributed by atoms with E-state index in [9.17, 15) is 13.2 Å². The number of carbonyl (C=O) groups is 1. The van der Waals surface area contributed by atoms with Crippen molar-refractivity contribution in [3.8, 4) is 11.8 Å². The summed E-state index contributed by atoms with van der Waals surface area (Å²) in [5.74, 6) is -0.00447. The van der Waals surface area contributed by atoms with Crippen LogP contribution in [0.2, 0.25) is 0 Å². The summed E-state index contributed by atoms with van der Waals surface area (Å²) in [5, 5.41) is 11.5. The topological polar surface area (TPSA) is 99.5 Å². The molecule has 26 heavy (non-hydrogen) atoms. The highest BCUT2D eigenvalue weighted by atomic mass is 32.2. The average Bonchev–Trinajstić information content (AvgIpc) is 2.61. The largest absolute Gasteiger partial charge is 0.495 e. The second kappa shape index (κ2) is 7.99. The standard InChI is InChI=1S/C18H19N3O4S/c1-13-4-9-17(25-3)16(10-13)20-18(22)12-21(2)26(23,24)15-7-5-14(11-19)6-8-15/h4-10H,12H2,1-3H3,(H,20,22). The molecule has 0 fully saturated rings. The number of nitrogens with zero attached hydrogens (tertiary/aromatic N) is 2. The van der Waals surface area contributed by atoms with Gasteiger partial charge in [-0.05, 0) is 48.9 Å². The molecule has 0 aromatic heterocycles. The van der Waals surface area contributed by atoms with Gasteiger partial charge in [0.15, 0.2) is 0 Å². The van der Waals surface area contributed by atoms with E-state index >= 15 is 0 Å². The van der Waals surface area contributed by atoms with Gasteiger partial charge in [-0.3, -0.25) is 4.79 Å². The Morgan fingerprint density at radius 3 is 2.46 bits per heavy atom. The number of aryl methyl sites for hydroxylation is 1. The van der Waals surface area contributed by atoms with Gasteiger partial charge in [0, 0.05) is 7.05 Å². The van der Waals surface area contributed by atoms with Gasteiger partial charge in [0.05, 0.1) is 35.9 Å². The van der Waals surface area contributed by atoms with Gasteiger partial charge in [-0.25, -0.2) is 8.42 Å². The average molecular weight is 373 g/mol. The number of likely N-dealkylation sites (N-methyl/N-ethyl adjacent to an activating group) is 1. The number of carbonyl (C=O) groups excluding carboxylic acids is 1. The summed E-state index contributed by atoms with van der Waals surface area (Å²) in [4.78, 5) is 12.3. The van der Waals surface area contributed by atoms with Gasteiger partial charge in [0.2, 0.25) is 15.9 Å². The van der Waals surface area contributed by atoms with Gasteiger partial charge < -0.3 is 10.1 Å². The third-order valence-electron chi connectivity index (χ3n) is 3.69. The van der Waals surface area contributed by atoms with Crippen molar-refractivity contribution in [2.75, 3.05) is 26.0 Å². The predicted molar refractivity (Wildman–Crippen MR) is 97.3 cm³/mol. The second-order valence-corrected chi connectivity index (χ2v) is 7.69. The molecule has 0 heterocycles. The number of nitrogens with one attached hydrogen (secondary N) is 1. The molecule has 0 aliphatic carbocycles. The summed E-state index contributed by atoms with van der Waals surface area (Å²) in [5.41, 5.74) is 1.76. The molecule has 0 spiro atoms. The Balaban J connectivity index is 2.13. The molecule has 0 atom stereocenters. The maximum absolute atomic E-state index is 12.5. The fourth-order valence-electron chi connectivity index (χ4n) is 2.28. The van der Waals surface area contributed by atoms with Crippen LogP contribution in [0, 0.1) is 18.3 Å². The molecule has 0 bridgehead atoms. The Bertz CT molecular complexity index is 947. The lowest BCUT2D eigenvalue weighted by Gasteiger charge is -2.17. The molecule has 2 aromatic carbocycles. The third-order valence-corrected chi connectivity index (χ3v) is 5.50. The van der Waals surface area contributed by atoms with E-state index in [1.54, 1.807) is 12.1 Å². The molecule has 1 N–H and O–H groups in total. The highest BCUT2D eigenvalue weighted by Crippen LogP contribution is 2.25. The molecule has 0 aliphatic rings. The second-order valence-electron chi connectivity index (χ2n) is 5.65. The number of hydrogen-bond acceptors (Lipinski definition) is 5. The van der Waals surface area contributed by atoms with Gasteiger partial charge in [-0.15, -0.1) is 0 Å². The van der Waals surface area contributed by atoms with Crippen molar-refractivity contribution in [3.05, 3.63) is 53.6 Å². The maximum Gasteiger partial charge on any atom is 0.243 e. The third kappa shape index (κ3) is 4.39. The lowest BCUT2D eigenvalue weighted by atomic mass is 10.2. The highest BCUT2D eigenvalue weighted by molar-refractivity contribution is 7.89. The number of benzene rings is 2. The van der Waals surface area contributed by atoms with Crippen molar-refractivity contribution in [1.82, 2.24) is 4.31 Å². The summed E-state index contributed by atoms with van der Waals surface area (Å²) in [6, 6.07) is 12.7. The van der Waals surface area contributed by atoms with Gasteiger partial charge in [0.1, 0.15) is 5.75 Å². The first-order valence-electron chi connectivity index (χ1n) is 7.69. The number of hydrogen-bond donors (Lipinski definition) is 1. The summed E-state index contributed by atoms with van der Waals surface area (Å²) in [6.07, 6.45) is 0. The quantitative estimate of drug-likeness (QED) is 0.836. The van der Waals surface area contributed by atoms with Crippen molar-refractivity contribution in [2.45, 2.75) is 11.8 Å². The van der Waals surface area contributed by atoms with Gasteiger partial charge >= 0.3 is 0 Å². The summed E-state index contributed by atoms with van der Waals surface area (Å²) in [6.45, 7) is 1.51. The molecule has 0 radical (unpaired) electrons. The lowest BCUT2D eigenvalue weighted by Crippen LogP contribution is -2.35. The lowest BCUT2D eigenvalue weighted by molar-refractivity contribution is -0.116. The van der Waals surface area contributed by atoms with E-state index < -0.39 is 15.9 Å². The number of methoxy groups -OCH3 is 1. The molecule has 0 unspecified atom stereocenters. The van der Waals surface area contributed by atoms with Gasteiger partial charge in [-0.1, -0.05) is 6.07 Å². The van der Waals surface area contributed by atoms with Crippen molar-refractivity contribution in [3.63, 3.8) is 0 Å². The predicted octanol–water partition coefficient (Wildman–Crippen LogP) is 2.13. The van der Waals surface area contributed by atoms with Crippen LogP contribution in [0.3, 0.4) is 0 Å². The van der Waals surface area contributed by atoms with E-state index in [-0.39, 0.29) is 11.4 Å². The number of sulfonamides is 1. The molecule has 1 amide bonds. The minimum atomic E-state index is -3.84. The fraction of sp³-hybridized carbons (Fsp3) is 0.222. The van der Waals surface area contributed by atoms with Gasteiger partial charge in [0.25, 0.3) is 0 Å². The number of nitriles is 1. The van der Waals surface area contributed by atoms with Crippen molar-refractivity contribution in [1.29, 1.82) is 5.26 Å². The summed E-state index contributed by atoms with van der Waals surface area (Å²) >= 11 is 0. The Morgan fingerprint density at radius 1 is 1.23 bits per heavy atom. The molecule has 2 rings (SSSR count). The molecular formula is C18H19N3O4S. The van der Waals surface area contributed by atoms with Gasteiger partial charge in [-0.2, -0.15) is 9.57 Å². The van der Waals surface area contributed by atoms with Crippen molar-refractivity contribution >= 4 is 21.6 Å². The van der Waals surface area contributed by atoms with Crippen LogP contribution in [0.1, 0.15) is 11.1 Å². The SMILES string of the molecule is COc1ccc(C)cc1NC(=O)CN(C)S(=O)(=O)c1ccc(C#N)cc1. The Kier molecular flexibility index (Phi) is 5.97. The van der Waals surface area contributed by atoms with Crippen LogP contribution in [0.5, 0.6) is 5.75 Å². The van der Waals surface area contributed by atoms with Crippen LogP contribution < -0.4 is 10.1 Å². The van der Waals surface area contributed by atoms with Crippen LogP contribution in [-0.4, -0.2) is 39.3 Å². The normalized spacial score (nSPS) is 11.0. The zero-order valence-electron chi connectivity index (χ0n) is 14.7. The molecule has 8 heteroatoms.